The second kappa shape index (κ2) is 4.83. The first-order chi connectivity index (χ1) is 9.61. The van der Waals surface area contributed by atoms with Crippen LogP contribution >= 0.6 is 11.3 Å². The first-order valence-electron chi connectivity index (χ1n) is 6.43. The largest absolute Gasteiger partial charge is 0.311 e. The summed E-state index contributed by atoms with van der Waals surface area (Å²) in [5.74, 6) is -0.0252. The number of aldehydes is 1. The first kappa shape index (κ1) is 13.0. The standard InChI is InChI=1S/C15H13NO3S/c1-9(18)12-6-13(10-5-11(7-17)20-8-10)15(19)16-4-2-3-14(12)16/h5-8H,2-4H2,1H3. The average molecular weight is 287 g/mol. The quantitative estimate of drug-likeness (QED) is 0.644. The molecule has 0 saturated carbocycles. The lowest BCUT2D eigenvalue weighted by atomic mass is 10.0. The van der Waals surface area contributed by atoms with Gasteiger partial charge in [0.2, 0.25) is 0 Å². The molecule has 5 heteroatoms. The van der Waals surface area contributed by atoms with Crippen LogP contribution in [0.1, 0.15) is 39.1 Å². The third-order valence-corrected chi connectivity index (χ3v) is 4.48. The van der Waals surface area contributed by atoms with Crippen LogP contribution in [-0.2, 0) is 13.0 Å². The van der Waals surface area contributed by atoms with Crippen molar-refractivity contribution in [2.45, 2.75) is 26.3 Å². The third-order valence-electron chi connectivity index (χ3n) is 3.62. The van der Waals surface area contributed by atoms with Gasteiger partial charge in [-0.1, -0.05) is 0 Å². The number of ketones is 1. The van der Waals surface area contributed by atoms with Crippen LogP contribution in [-0.4, -0.2) is 16.6 Å². The number of pyridine rings is 1. The zero-order valence-corrected chi connectivity index (χ0v) is 11.8. The van der Waals surface area contributed by atoms with Gasteiger partial charge >= 0.3 is 0 Å². The number of carbonyl (C=O) groups excluding carboxylic acids is 2. The van der Waals surface area contributed by atoms with Crippen LogP contribution in [0, 0.1) is 0 Å². The minimum atomic E-state index is -0.0715. The molecule has 0 aromatic carbocycles. The van der Waals surface area contributed by atoms with E-state index in [2.05, 4.69) is 0 Å². The van der Waals surface area contributed by atoms with Crippen LogP contribution in [0.2, 0.25) is 0 Å². The number of nitrogens with zero attached hydrogens (tertiary/aromatic N) is 1. The Bertz CT molecular complexity index is 770. The smallest absolute Gasteiger partial charge is 0.258 e. The van der Waals surface area contributed by atoms with Crippen molar-refractivity contribution in [3.63, 3.8) is 0 Å². The Hall–Kier alpha value is -2.01. The Morgan fingerprint density at radius 3 is 2.85 bits per heavy atom. The molecule has 1 aliphatic rings. The molecule has 0 saturated heterocycles. The fourth-order valence-corrected chi connectivity index (χ4v) is 3.39. The highest BCUT2D eigenvalue weighted by Crippen LogP contribution is 2.26. The molecule has 0 unspecified atom stereocenters. The van der Waals surface area contributed by atoms with Gasteiger partial charge in [-0.25, -0.2) is 0 Å². The van der Waals surface area contributed by atoms with Crippen LogP contribution in [0.3, 0.4) is 0 Å². The maximum absolute atomic E-state index is 12.5. The normalized spacial score (nSPS) is 13.2. The fraction of sp³-hybridized carbons (Fsp3) is 0.267. The number of rotatable bonds is 3. The second-order valence-electron chi connectivity index (χ2n) is 4.89. The van der Waals surface area contributed by atoms with Crippen LogP contribution in [0.5, 0.6) is 0 Å². The van der Waals surface area contributed by atoms with Crippen LogP contribution in [0.25, 0.3) is 11.1 Å². The van der Waals surface area contributed by atoms with Gasteiger partial charge in [0.25, 0.3) is 5.56 Å². The van der Waals surface area contributed by atoms with E-state index in [4.69, 9.17) is 0 Å². The Balaban J connectivity index is 2.26. The van der Waals surface area contributed by atoms with E-state index in [-0.39, 0.29) is 11.3 Å². The first-order valence-corrected chi connectivity index (χ1v) is 7.31. The van der Waals surface area contributed by atoms with Crippen LogP contribution in [0.4, 0.5) is 0 Å². The van der Waals surface area contributed by atoms with Crippen LogP contribution in [0.15, 0.2) is 22.3 Å². The summed E-state index contributed by atoms with van der Waals surface area (Å²) in [5.41, 5.74) is 2.61. The molecule has 1 aliphatic heterocycles. The topological polar surface area (TPSA) is 56.1 Å². The van der Waals surface area contributed by atoms with Gasteiger partial charge in [0.1, 0.15) is 0 Å². The predicted molar refractivity (Wildman–Crippen MR) is 77.7 cm³/mol. The molecule has 2 aromatic heterocycles. The summed E-state index contributed by atoms with van der Waals surface area (Å²) in [6.07, 6.45) is 2.43. The van der Waals surface area contributed by atoms with Gasteiger partial charge in [0.15, 0.2) is 12.1 Å². The summed E-state index contributed by atoms with van der Waals surface area (Å²) in [6.45, 7) is 2.18. The molecule has 0 fully saturated rings. The van der Waals surface area contributed by atoms with E-state index in [1.54, 1.807) is 22.1 Å². The van der Waals surface area contributed by atoms with Crippen molar-refractivity contribution in [1.82, 2.24) is 4.57 Å². The summed E-state index contributed by atoms with van der Waals surface area (Å²) in [7, 11) is 0. The van der Waals surface area contributed by atoms with Crippen molar-refractivity contribution < 1.29 is 9.59 Å². The molecule has 3 rings (SSSR count). The number of aromatic nitrogens is 1. The Morgan fingerprint density at radius 2 is 2.20 bits per heavy atom. The maximum atomic E-state index is 12.5. The van der Waals surface area contributed by atoms with E-state index in [0.29, 0.717) is 28.1 Å². The summed E-state index contributed by atoms with van der Waals surface area (Å²) in [6, 6.07) is 3.37. The van der Waals surface area contributed by atoms with E-state index in [9.17, 15) is 14.4 Å². The maximum Gasteiger partial charge on any atom is 0.258 e. The van der Waals surface area contributed by atoms with Gasteiger partial charge in [0, 0.05) is 23.4 Å². The van der Waals surface area contributed by atoms with E-state index < -0.39 is 0 Å². The van der Waals surface area contributed by atoms with E-state index in [1.165, 1.54) is 18.3 Å². The van der Waals surface area contributed by atoms with Crippen molar-refractivity contribution in [1.29, 1.82) is 0 Å². The number of hydrogen-bond acceptors (Lipinski definition) is 4. The average Bonchev–Trinajstić information content (AvgIpc) is 3.07. The highest BCUT2D eigenvalue weighted by Gasteiger charge is 2.22. The molecule has 4 nitrogen and oxygen atoms in total. The Labute approximate surface area is 119 Å². The Morgan fingerprint density at radius 1 is 1.40 bits per heavy atom. The van der Waals surface area contributed by atoms with Gasteiger partial charge in [-0.3, -0.25) is 14.4 Å². The summed E-state index contributed by atoms with van der Waals surface area (Å²) in [4.78, 5) is 35.6. The zero-order valence-electron chi connectivity index (χ0n) is 11.0. The van der Waals surface area contributed by atoms with Gasteiger partial charge in [-0.05, 0) is 42.8 Å². The fourth-order valence-electron chi connectivity index (χ4n) is 2.68. The molecule has 2 aromatic rings. The lowest BCUT2D eigenvalue weighted by Crippen LogP contribution is -2.23. The molecule has 0 aliphatic carbocycles. The summed E-state index contributed by atoms with van der Waals surface area (Å²) < 4.78 is 1.70. The lowest BCUT2D eigenvalue weighted by Gasteiger charge is -2.10. The monoisotopic (exact) mass is 287 g/mol. The Kier molecular flexibility index (Phi) is 3.14. The number of hydrogen-bond donors (Lipinski definition) is 0. The molecular formula is C15H13NO3S. The molecule has 0 radical (unpaired) electrons. The van der Waals surface area contributed by atoms with Crippen molar-refractivity contribution in [2.75, 3.05) is 0 Å². The molecular weight excluding hydrogens is 274 g/mol. The highest BCUT2D eigenvalue weighted by molar-refractivity contribution is 7.12. The molecule has 0 amide bonds. The van der Waals surface area contributed by atoms with E-state index in [1.807, 2.05) is 0 Å². The SMILES string of the molecule is CC(=O)c1cc(-c2csc(C=O)c2)c(=O)n2c1CCC2. The lowest BCUT2D eigenvalue weighted by molar-refractivity contribution is 0.101. The predicted octanol–water partition coefficient (Wildman–Crippen LogP) is 2.54. The number of Topliss-reactive ketones (excluding diaryl/α,β-unsaturated/α-hetero) is 1. The molecule has 0 spiro atoms. The summed E-state index contributed by atoms with van der Waals surface area (Å²) >= 11 is 1.30. The van der Waals surface area contributed by atoms with E-state index in [0.717, 1.165) is 24.8 Å². The molecule has 3 heterocycles. The van der Waals surface area contributed by atoms with Gasteiger partial charge in [-0.15, -0.1) is 11.3 Å². The van der Waals surface area contributed by atoms with Gasteiger partial charge in [0.05, 0.1) is 4.88 Å². The van der Waals surface area contributed by atoms with Crippen molar-refractivity contribution in [3.8, 4) is 11.1 Å². The zero-order chi connectivity index (χ0) is 14.3. The molecule has 0 bridgehead atoms. The van der Waals surface area contributed by atoms with E-state index >= 15 is 0 Å². The van der Waals surface area contributed by atoms with Crippen LogP contribution < -0.4 is 5.56 Å². The molecule has 102 valence electrons. The number of fused-ring (bicyclic) bond motifs is 1. The van der Waals surface area contributed by atoms with Gasteiger partial charge in [-0.2, -0.15) is 0 Å². The minimum absolute atomic E-state index is 0.0252. The second-order valence-corrected chi connectivity index (χ2v) is 5.83. The van der Waals surface area contributed by atoms with Crippen molar-refractivity contribution in [2.24, 2.45) is 0 Å². The molecule has 0 N–H and O–H groups in total. The number of carbonyl (C=O) groups is 2. The molecule has 0 atom stereocenters. The molecule has 20 heavy (non-hydrogen) atoms. The summed E-state index contributed by atoms with van der Waals surface area (Å²) in [5, 5.41) is 1.78. The highest BCUT2D eigenvalue weighted by atomic mass is 32.1. The third kappa shape index (κ3) is 1.94. The van der Waals surface area contributed by atoms with Gasteiger partial charge < -0.3 is 4.57 Å². The number of thiophene rings is 1. The van der Waals surface area contributed by atoms with Crippen molar-refractivity contribution >= 4 is 23.4 Å². The van der Waals surface area contributed by atoms with Crippen molar-refractivity contribution in [3.05, 3.63) is 44.0 Å². The minimum Gasteiger partial charge on any atom is -0.311 e.